The summed E-state index contributed by atoms with van der Waals surface area (Å²) in [5, 5.41) is 16.0. The number of carboxylic acid groups (broad SMARTS) is 1. The van der Waals surface area contributed by atoms with Gasteiger partial charge in [0.2, 0.25) is 24.1 Å². The lowest BCUT2D eigenvalue weighted by Gasteiger charge is -2.41. The summed E-state index contributed by atoms with van der Waals surface area (Å²) in [4.78, 5) is 77.1. The van der Waals surface area contributed by atoms with Crippen LogP contribution in [-0.2, 0) is 49.4 Å². The molecule has 20 heteroatoms. The van der Waals surface area contributed by atoms with E-state index in [0.717, 1.165) is 37.8 Å². The number of nitrogens with zero attached hydrogens (tertiary/aromatic N) is 3. The third kappa shape index (κ3) is 27.7. The molecule has 1 aliphatic rings. The fraction of sp³-hybridized carbons (Fsp3) is 0.745. The third-order valence-electron chi connectivity index (χ3n) is 12.7. The van der Waals surface area contributed by atoms with Crippen molar-refractivity contribution in [3.05, 3.63) is 47.7 Å². The van der Waals surface area contributed by atoms with Crippen LogP contribution in [-0.4, -0.2) is 166 Å². The number of halogens is 3. The molecule has 1 aliphatic heterocycles. The van der Waals surface area contributed by atoms with Crippen LogP contribution in [0.15, 0.2) is 42.1 Å². The first-order valence-electron chi connectivity index (χ1n) is 26.4. The highest BCUT2D eigenvalue weighted by molar-refractivity contribution is 5.82. The summed E-state index contributed by atoms with van der Waals surface area (Å²) in [6.07, 6.45) is 3.01. The van der Waals surface area contributed by atoms with Gasteiger partial charge in [0.1, 0.15) is 6.04 Å². The Labute approximate surface area is 448 Å². The maximum atomic E-state index is 14.2. The minimum absolute atomic E-state index is 0.000275. The second-order valence-electron chi connectivity index (χ2n) is 20.8. The van der Waals surface area contributed by atoms with Crippen molar-refractivity contribution in [2.24, 2.45) is 28.9 Å². The number of likely N-dealkylation sites (tertiary alicyclic amines) is 1. The van der Waals surface area contributed by atoms with Crippen LogP contribution in [0.25, 0.3) is 0 Å². The number of carboxylic acids is 1. The molecule has 8 unspecified atom stereocenters. The maximum absolute atomic E-state index is 14.2. The van der Waals surface area contributed by atoms with Crippen LogP contribution in [0, 0.1) is 23.2 Å². The van der Waals surface area contributed by atoms with Crippen molar-refractivity contribution in [2.75, 3.05) is 61.6 Å². The largest absolute Gasteiger partial charge is 0.490 e. The lowest BCUT2D eigenvalue weighted by molar-refractivity contribution is -0.192. The number of likely N-dealkylation sites (N-methyl/N-ethyl adjacent to an activating group) is 2. The van der Waals surface area contributed by atoms with Crippen molar-refractivity contribution >= 4 is 36.1 Å². The smallest absolute Gasteiger partial charge is 0.475 e. The Kier molecular flexibility index (Phi) is 36.5. The Bertz CT molecular complexity index is 1810. The Hall–Kier alpha value is -4.79. The van der Waals surface area contributed by atoms with Crippen molar-refractivity contribution in [3.63, 3.8) is 0 Å². The fourth-order valence-electron chi connectivity index (χ4n) is 8.59. The highest BCUT2D eigenvalue weighted by atomic mass is 19.4. The molecule has 17 nitrogen and oxygen atoms in total. The molecule has 1 aromatic carbocycles. The van der Waals surface area contributed by atoms with E-state index in [9.17, 15) is 37.1 Å². The van der Waals surface area contributed by atoms with Crippen molar-refractivity contribution in [1.82, 2.24) is 30.7 Å². The van der Waals surface area contributed by atoms with Gasteiger partial charge >= 0.3 is 18.1 Å². The molecule has 0 bridgehead atoms. The molecular formula is C55H98F3N7O10. The second kappa shape index (κ2) is 37.9. The molecule has 6 N–H and O–H groups in total. The zero-order chi connectivity index (χ0) is 58.2. The van der Waals surface area contributed by atoms with E-state index in [2.05, 4.69) is 87.5 Å². The number of rotatable bonds is 27. The van der Waals surface area contributed by atoms with Crippen LogP contribution < -0.4 is 21.7 Å². The highest BCUT2D eigenvalue weighted by Crippen LogP contribution is 2.30. The molecule has 0 aromatic heterocycles. The van der Waals surface area contributed by atoms with E-state index >= 15 is 0 Å². The Morgan fingerprint density at radius 1 is 0.933 bits per heavy atom. The number of carbonyl (C=O) groups is 6. The number of allylic oxidation sites excluding steroid dienone is 1. The molecule has 0 saturated carbocycles. The molecule has 4 amide bonds. The average Bonchev–Trinajstić information content (AvgIpc) is 3.82. The Balaban J connectivity index is 0. The number of hydrogen-bond acceptors (Lipinski definition) is 12. The molecule has 1 saturated heterocycles. The zero-order valence-electron chi connectivity index (χ0n) is 48.5. The van der Waals surface area contributed by atoms with E-state index in [1.54, 1.807) is 14.2 Å². The molecule has 0 radical (unpaired) electrons. The van der Waals surface area contributed by atoms with E-state index < -0.39 is 36.2 Å². The Morgan fingerprint density at radius 3 is 1.96 bits per heavy atom. The molecule has 1 aromatic rings. The van der Waals surface area contributed by atoms with Gasteiger partial charge in [0, 0.05) is 46.1 Å². The maximum Gasteiger partial charge on any atom is 0.490 e. The minimum Gasteiger partial charge on any atom is -0.475 e. The first-order valence-corrected chi connectivity index (χ1v) is 26.4. The van der Waals surface area contributed by atoms with Crippen LogP contribution in [0.2, 0.25) is 0 Å². The summed E-state index contributed by atoms with van der Waals surface area (Å²) in [5.41, 5.74) is 7.57. The van der Waals surface area contributed by atoms with Crippen molar-refractivity contribution in [1.29, 1.82) is 0 Å². The second-order valence-corrected chi connectivity index (χ2v) is 20.8. The number of amides is 4. The lowest BCUT2D eigenvalue weighted by atomic mass is 9.87. The van der Waals surface area contributed by atoms with Gasteiger partial charge in [-0.2, -0.15) is 13.2 Å². The molecule has 75 heavy (non-hydrogen) atoms. The number of hydrogen-bond donors (Lipinski definition) is 5. The van der Waals surface area contributed by atoms with E-state index in [0.29, 0.717) is 32.5 Å². The summed E-state index contributed by atoms with van der Waals surface area (Å²) in [5.74, 6) is -3.27. The number of benzene rings is 1. The lowest BCUT2D eigenvalue weighted by Crippen LogP contribution is -2.53. The van der Waals surface area contributed by atoms with Gasteiger partial charge in [0.25, 0.3) is 0 Å². The van der Waals surface area contributed by atoms with E-state index in [1.165, 1.54) is 12.0 Å². The Morgan fingerprint density at radius 2 is 1.51 bits per heavy atom. The predicted octanol–water partition coefficient (Wildman–Crippen LogP) is 7.21. The van der Waals surface area contributed by atoms with E-state index in [4.69, 9.17) is 29.8 Å². The van der Waals surface area contributed by atoms with E-state index in [1.807, 2.05) is 83.8 Å². The van der Waals surface area contributed by atoms with Gasteiger partial charge in [-0.3, -0.25) is 28.9 Å². The molecule has 2 rings (SSSR count). The standard InChI is InChI=1S/C40H69N5O5.C10H20N2O3.C3H8.C2HF3O2/c1-13-19-32(26-41-40(48)36(27(3)4)43(8)9)44(10)37(28(5)14-2)34(49-11)25-35(46)45-23-18-22-33(45)38(50-12)30(7)39(47)42-29(6)24-31-20-16-15-17-21-31;1-10(2,3)8(11)9(14)15-6-4-5-12-7-13;1-3-2;3-2(4,5)1(6)7/h15-17,19-21,27-30,33-34,36-38H,13-14,18,22-26H2,1-12H3,(H,41,48)(H,42,47);7-8H,4-6,11H2,1-3H3,(H,12,13);3H2,1-2H3;(H,6,7)/b32-19+;;;/t28?,29-,30?,33?,34?,36?,37?,38?;;;/m1.../s1. The first kappa shape index (κ1) is 72.3. The van der Waals surface area contributed by atoms with Crippen LogP contribution in [0.1, 0.15) is 134 Å². The van der Waals surface area contributed by atoms with Crippen LogP contribution in [0.4, 0.5) is 13.2 Å². The van der Waals surface area contributed by atoms with Gasteiger partial charge in [0.05, 0.1) is 55.8 Å². The third-order valence-corrected chi connectivity index (χ3v) is 12.7. The van der Waals surface area contributed by atoms with Crippen LogP contribution in [0.5, 0.6) is 0 Å². The first-order chi connectivity index (χ1) is 35.0. The van der Waals surface area contributed by atoms with Gasteiger partial charge in [-0.05, 0) is 75.9 Å². The molecular weight excluding hydrogens is 976 g/mol. The zero-order valence-corrected chi connectivity index (χ0v) is 48.5. The molecule has 0 aliphatic carbocycles. The number of carbonyl (C=O) groups excluding carboxylic acids is 5. The molecule has 434 valence electrons. The molecule has 9 atom stereocenters. The summed E-state index contributed by atoms with van der Waals surface area (Å²) in [6, 6.07) is 8.95. The monoisotopic (exact) mass is 1070 g/mol. The van der Waals surface area contributed by atoms with E-state index in [-0.39, 0.29) is 78.3 Å². The van der Waals surface area contributed by atoms with Crippen molar-refractivity contribution in [2.45, 2.75) is 183 Å². The summed E-state index contributed by atoms with van der Waals surface area (Å²) in [7, 11) is 9.23. The number of nitrogens with two attached hydrogens (primary N) is 1. The molecule has 0 spiro atoms. The SMILES string of the molecule is CC(C)(C)C(N)C(=O)OCCCNC=O.CC/C=C(\CNC(=O)C(C(C)C)N(C)C)N(C)C(C(C)CC)C(CC(=O)N1CCCC1C(OC)C(C)C(=O)N[C@H](C)Cc1ccccc1)OC.CCC.O=C(O)C(F)(F)F. The average molecular weight is 1070 g/mol. The van der Waals surface area contributed by atoms with Crippen molar-refractivity contribution < 1.29 is 61.3 Å². The number of aliphatic carboxylic acids is 1. The number of alkyl halides is 3. The normalized spacial score (nSPS) is 16.9. The highest BCUT2D eigenvalue weighted by Gasteiger charge is 2.42. The van der Waals surface area contributed by atoms with Gasteiger partial charge < -0.3 is 50.8 Å². The van der Waals surface area contributed by atoms with Gasteiger partial charge in [-0.25, -0.2) is 4.79 Å². The summed E-state index contributed by atoms with van der Waals surface area (Å²) >= 11 is 0. The minimum atomic E-state index is -5.08. The van der Waals surface area contributed by atoms with Gasteiger partial charge in [0.15, 0.2) is 0 Å². The summed E-state index contributed by atoms with van der Waals surface area (Å²) in [6.45, 7) is 26.2. The van der Waals surface area contributed by atoms with Gasteiger partial charge in [-0.1, -0.05) is 125 Å². The number of ether oxygens (including phenoxy) is 3. The number of nitrogens with one attached hydrogen (secondary N) is 3. The van der Waals surface area contributed by atoms with Crippen LogP contribution >= 0.6 is 0 Å². The molecule has 1 fully saturated rings. The molecule has 1 heterocycles. The number of esters is 1. The quantitative estimate of drug-likeness (QED) is 0.0334. The van der Waals surface area contributed by atoms with Gasteiger partial charge in [-0.15, -0.1) is 0 Å². The van der Waals surface area contributed by atoms with Crippen LogP contribution in [0.3, 0.4) is 0 Å². The predicted molar refractivity (Wildman–Crippen MR) is 289 cm³/mol. The fourth-order valence-corrected chi connectivity index (χ4v) is 8.59. The number of methoxy groups -OCH3 is 2. The van der Waals surface area contributed by atoms with Crippen molar-refractivity contribution in [3.8, 4) is 0 Å². The summed E-state index contributed by atoms with van der Waals surface area (Å²) < 4.78 is 48.8. The topological polar surface area (TPSA) is 222 Å².